The molecular weight excluding hydrogens is 210 g/mol. The third-order valence-electron chi connectivity index (χ3n) is 2.88. The van der Waals surface area contributed by atoms with Crippen molar-refractivity contribution in [1.82, 2.24) is 0 Å². The van der Waals surface area contributed by atoms with Gasteiger partial charge in [-0.1, -0.05) is 24.3 Å². The van der Waals surface area contributed by atoms with Crippen LogP contribution in [0.25, 0.3) is 6.20 Å². The first kappa shape index (κ1) is 10.1. The largest absolute Gasteiger partial charge is 0.292 e. The summed E-state index contributed by atoms with van der Waals surface area (Å²) in [5.41, 5.74) is 2.12. The van der Waals surface area contributed by atoms with Gasteiger partial charge in [0.15, 0.2) is 0 Å². The molecule has 0 saturated carbocycles. The summed E-state index contributed by atoms with van der Waals surface area (Å²) in [7, 11) is 0. The molecule has 1 aromatic carbocycles. The lowest BCUT2D eigenvalue weighted by atomic mass is 10.1. The summed E-state index contributed by atoms with van der Waals surface area (Å²) in [6, 6.07) is 8.07. The van der Waals surface area contributed by atoms with E-state index in [0.717, 1.165) is 34.8 Å². The van der Waals surface area contributed by atoms with E-state index in [1.54, 1.807) is 0 Å². The molecule has 3 heteroatoms. The molecule has 0 radical (unpaired) electrons. The fourth-order valence-corrected chi connectivity index (χ4v) is 1.96. The van der Waals surface area contributed by atoms with Crippen molar-refractivity contribution < 1.29 is 0 Å². The summed E-state index contributed by atoms with van der Waals surface area (Å²) in [6.07, 6.45) is 6.98. The molecule has 0 fully saturated rings. The Morgan fingerprint density at radius 1 is 1.12 bits per heavy atom. The molecule has 17 heavy (non-hydrogen) atoms. The fraction of sp³-hybridized carbons (Fsp3) is 0.214. The van der Waals surface area contributed by atoms with Crippen molar-refractivity contribution in [3.05, 3.63) is 46.5 Å². The van der Waals surface area contributed by atoms with Gasteiger partial charge >= 0.3 is 0 Å². The first-order valence-electron chi connectivity index (χ1n) is 5.80. The van der Waals surface area contributed by atoms with Gasteiger partial charge in [-0.15, -0.1) is 0 Å². The Morgan fingerprint density at radius 3 is 2.94 bits per heavy atom. The maximum Gasteiger partial charge on any atom is 0.0825 e. The second-order valence-corrected chi connectivity index (χ2v) is 4.06. The predicted octanol–water partition coefficient (Wildman–Crippen LogP) is 0.900. The van der Waals surface area contributed by atoms with E-state index in [2.05, 4.69) is 21.1 Å². The summed E-state index contributed by atoms with van der Waals surface area (Å²) in [6.45, 7) is 1.52. The lowest BCUT2D eigenvalue weighted by molar-refractivity contribution is 0.995. The number of rotatable bonds is 1. The van der Waals surface area contributed by atoms with Gasteiger partial charge in [-0.2, -0.15) is 0 Å². The van der Waals surface area contributed by atoms with Gasteiger partial charge in [-0.3, -0.25) is 15.0 Å². The number of hydrogen-bond donors (Lipinski definition) is 0. The van der Waals surface area contributed by atoms with E-state index >= 15 is 0 Å². The predicted molar refractivity (Wildman–Crippen MR) is 70.0 cm³/mol. The SMILES string of the molecule is C1=NCCC=C1C1=NC=c2ccccc2=NC1. The first-order valence-corrected chi connectivity index (χ1v) is 5.80. The van der Waals surface area contributed by atoms with E-state index in [9.17, 15) is 0 Å². The molecule has 0 saturated heterocycles. The Labute approximate surface area is 99.6 Å². The molecule has 0 spiro atoms. The summed E-state index contributed by atoms with van der Waals surface area (Å²) < 4.78 is 0. The summed E-state index contributed by atoms with van der Waals surface area (Å²) in [5.74, 6) is 0. The highest BCUT2D eigenvalue weighted by atomic mass is 14.8. The third kappa shape index (κ3) is 2.09. The highest BCUT2D eigenvalue weighted by Crippen LogP contribution is 2.05. The number of nitrogens with zero attached hydrogens (tertiary/aromatic N) is 3. The van der Waals surface area contributed by atoms with Crippen molar-refractivity contribution in [1.29, 1.82) is 0 Å². The Kier molecular flexibility index (Phi) is 2.66. The first-order chi connectivity index (χ1) is 8.43. The van der Waals surface area contributed by atoms with Crippen LogP contribution in [-0.4, -0.2) is 25.0 Å². The van der Waals surface area contributed by atoms with E-state index in [1.807, 2.05) is 36.7 Å². The van der Waals surface area contributed by atoms with E-state index < -0.39 is 0 Å². The Morgan fingerprint density at radius 2 is 2.06 bits per heavy atom. The highest BCUT2D eigenvalue weighted by Gasteiger charge is 2.07. The van der Waals surface area contributed by atoms with Crippen LogP contribution in [0.3, 0.4) is 0 Å². The average Bonchev–Trinajstić information content (AvgIpc) is 2.62. The topological polar surface area (TPSA) is 37.1 Å². The maximum atomic E-state index is 4.58. The van der Waals surface area contributed by atoms with Crippen LogP contribution in [0.1, 0.15) is 6.42 Å². The Bertz CT molecular complexity index is 636. The minimum atomic E-state index is 0.630. The number of fused-ring (bicyclic) bond motifs is 1. The zero-order chi connectivity index (χ0) is 11.5. The van der Waals surface area contributed by atoms with Crippen molar-refractivity contribution in [3.8, 4) is 0 Å². The van der Waals surface area contributed by atoms with Crippen molar-refractivity contribution in [2.75, 3.05) is 13.1 Å². The fourth-order valence-electron chi connectivity index (χ4n) is 1.96. The number of hydrogen-bond acceptors (Lipinski definition) is 3. The molecule has 0 amide bonds. The maximum absolute atomic E-state index is 4.58. The van der Waals surface area contributed by atoms with Crippen molar-refractivity contribution in [2.24, 2.45) is 15.0 Å². The third-order valence-corrected chi connectivity index (χ3v) is 2.88. The van der Waals surface area contributed by atoms with Crippen LogP contribution < -0.4 is 10.6 Å². The number of dihydropyridines is 1. The van der Waals surface area contributed by atoms with Gasteiger partial charge in [0, 0.05) is 29.8 Å². The summed E-state index contributed by atoms with van der Waals surface area (Å²) in [4.78, 5) is 13.4. The minimum absolute atomic E-state index is 0.630. The molecule has 0 bridgehead atoms. The van der Waals surface area contributed by atoms with Crippen molar-refractivity contribution in [3.63, 3.8) is 0 Å². The molecule has 0 aliphatic carbocycles. The molecule has 0 N–H and O–H groups in total. The Hall–Kier alpha value is -2.03. The molecule has 1 aromatic rings. The Balaban J connectivity index is 2.02. The van der Waals surface area contributed by atoms with Crippen LogP contribution in [0.4, 0.5) is 0 Å². The summed E-state index contributed by atoms with van der Waals surface area (Å²) >= 11 is 0. The van der Waals surface area contributed by atoms with E-state index in [4.69, 9.17) is 0 Å². The average molecular weight is 223 g/mol. The highest BCUT2D eigenvalue weighted by molar-refractivity contribution is 6.18. The van der Waals surface area contributed by atoms with E-state index in [0.29, 0.717) is 6.54 Å². The van der Waals surface area contributed by atoms with Crippen LogP contribution in [0.5, 0.6) is 0 Å². The zero-order valence-corrected chi connectivity index (χ0v) is 9.50. The second-order valence-electron chi connectivity index (χ2n) is 4.06. The molecule has 3 rings (SSSR count). The lowest BCUT2D eigenvalue weighted by Crippen LogP contribution is -2.23. The minimum Gasteiger partial charge on any atom is -0.292 e. The number of aliphatic imine (C=N–C) groups is 2. The molecule has 2 aliphatic rings. The molecule has 0 atom stereocenters. The van der Waals surface area contributed by atoms with E-state index in [-0.39, 0.29) is 0 Å². The molecule has 84 valence electrons. The number of para-hydroxylation sites is 1. The second kappa shape index (κ2) is 4.45. The van der Waals surface area contributed by atoms with Gasteiger partial charge < -0.3 is 0 Å². The van der Waals surface area contributed by atoms with Gasteiger partial charge in [-0.05, 0) is 12.5 Å². The van der Waals surface area contributed by atoms with Crippen LogP contribution in [0.15, 0.2) is 50.9 Å². The zero-order valence-electron chi connectivity index (χ0n) is 9.50. The molecule has 0 aromatic heterocycles. The van der Waals surface area contributed by atoms with E-state index in [1.165, 1.54) is 0 Å². The normalized spacial score (nSPS) is 18.1. The van der Waals surface area contributed by atoms with Crippen molar-refractivity contribution >= 4 is 18.1 Å². The standard InChI is InChI=1S/C14H13N3/c1-2-6-13-12(4-1)9-16-14(10-17-13)11-5-3-7-15-8-11/h1-2,4-6,8-9H,3,7,10H2. The van der Waals surface area contributed by atoms with Crippen molar-refractivity contribution in [2.45, 2.75) is 6.42 Å². The molecule has 0 unspecified atom stereocenters. The van der Waals surface area contributed by atoms with Crippen LogP contribution in [-0.2, 0) is 0 Å². The quantitative estimate of drug-likeness (QED) is 0.678. The van der Waals surface area contributed by atoms with Gasteiger partial charge in [0.05, 0.1) is 17.6 Å². The van der Waals surface area contributed by atoms with Gasteiger partial charge in [-0.25, -0.2) is 0 Å². The monoisotopic (exact) mass is 223 g/mol. The number of benzene rings is 1. The summed E-state index contributed by atoms with van der Waals surface area (Å²) in [5, 5.41) is 2.09. The molecule has 2 heterocycles. The van der Waals surface area contributed by atoms with Gasteiger partial charge in [0.1, 0.15) is 0 Å². The molecular formula is C14H13N3. The lowest BCUT2D eigenvalue weighted by Gasteiger charge is -2.06. The smallest absolute Gasteiger partial charge is 0.0825 e. The van der Waals surface area contributed by atoms with Gasteiger partial charge in [0.2, 0.25) is 0 Å². The van der Waals surface area contributed by atoms with Crippen LogP contribution in [0, 0.1) is 0 Å². The molecule has 3 nitrogen and oxygen atoms in total. The van der Waals surface area contributed by atoms with Crippen LogP contribution >= 0.6 is 0 Å². The van der Waals surface area contributed by atoms with Gasteiger partial charge in [0.25, 0.3) is 0 Å². The molecule has 2 aliphatic heterocycles. The van der Waals surface area contributed by atoms with Crippen LogP contribution in [0.2, 0.25) is 0 Å².